The van der Waals surface area contributed by atoms with E-state index in [-0.39, 0.29) is 18.8 Å². The van der Waals surface area contributed by atoms with Crippen molar-refractivity contribution < 1.29 is 24.2 Å². The van der Waals surface area contributed by atoms with Crippen LogP contribution in [0.15, 0.2) is 0 Å². The first-order valence-electron chi connectivity index (χ1n) is 6.13. The molecule has 110 valence electrons. The Bertz CT molecular complexity index is 330. The van der Waals surface area contributed by atoms with Gasteiger partial charge in [-0.3, -0.25) is 9.59 Å². The fourth-order valence-corrected chi connectivity index (χ4v) is 1.52. The van der Waals surface area contributed by atoms with E-state index in [1.54, 1.807) is 0 Å². The summed E-state index contributed by atoms with van der Waals surface area (Å²) in [5.41, 5.74) is 5.65. The summed E-state index contributed by atoms with van der Waals surface area (Å²) in [4.78, 5) is 33.6. The van der Waals surface area contributed by atoms with Gasteiger partial charge in [-0.15, -0.1) is 0 Å². The number of carbonyl (C=O) groups excluding carboxylic acids is 2. The predicted molar refractivity (Wildman–Crippen MR) is 68.2 cm³/mol. The molecule has 0 saturated carbocycles. The number of nitrogens with two attached hydrogens (primary N) is 1. The summed E-state index contributed by atoms with van der Waals surface area (Å²) in [6.45, 7) is 3.83. The van der Waals surface area contributed by atoms with Crippen molar-refractivity contribution in [1.29, 1.82) is 0 Å². The first kappa shape index (κ1) is 17.4. The van der Waals surface area contributed by atoms with Crippen LogP contribution in [0, 0.1) is 5.92 Å². The number of carbonyl (C=O) groups is 3. The number of methoxy groups -OCH3 is 1. The monoisotopic (exact) mass is 274 g/mol. The molecule has 0 heterocycles. The van der Waals surface area contributed by atoms with Crippen molar-refractivity contribution in [3.63, 3.8) is 0 Å². The summed E-state index contributed by atoms with van der Waals surface area (Å²) in [6, 6.07) is -1.88. The molecular weight excluding hydrogens is 252 g/mol. The second-order valence-electron chi connectivity index (χ2n) is 4.75. The zero-order valence-electron chi connectivity index (χ0n) is 11.5. The van der Waals surface area contributed by atoms with E-state index in [0.717, 1.165) is 0 Å². The Morgan fingerprint density at radius 2 is 1.89 bits per heavy atom. The van der Waals surface area contributed by atoms with Crippen molar-refractivity contribution >= 4 is 17.8 Å². The Kier molecular flexibility index (Phi) is 7.74. The Morgan fingerprint density at radius 3 is 2.32 bits per heavy atom. The normalized spacial score (nSPS) is 13.7. The minimum atomic E-state index is -1.20. The van der Waals surface area contributed by atoms with Gasteiger partial charge in [0.2, 0.25) is 5.91 Å². The van der Waals surface area contributed by atoms with Gasteiger partial charge in [0.15, 0.2) is 0 Å². The van der Waals surface area contributed by atoms with Gasteiger partial charge in [-0.1, -0.05) is 13.8 Å². The largest absolute Gasteiger partial charge is 0.480 e. The highest BCUT2D eigenvalue weighted by atomic mass is 16.5. The molecule has 0 radical (unpaired) electrons. The minimum absolute atomic E-state index is 0.0256. The van der Waals surface area contributed by atoms with Crippen LogP contribution in [0.1, 0.15) is 33.1 Å². The molecule has 0 aliphatic rings. The average Bonchev–Trinajstić information content (AvgIpc) is 2.32. The van der Waals surface area contributed by atoms with Gasteiger partial charge in [-0.05, 0) is 18.8 Å². The van der Waals surface area contributed by atoms with Crippen molar-refractivity contribution in [2.24, 2.45) is 11.7 Å². The molecule has 0 aromatic heterocycles. The number of carboxylic acids is 1. The van der Waals surface area contributed by atoms with Gasteiger partial charge in [0.1, 0.15) is 6.04 Å². The average molecular weight is 274 g/mol. The van der Waals surface area contributed by atoms with E-state index in [1.807, 2.05) is 13.8 Å². The molecule has 1 amide bonds. The van der Waals surface area contributed by atoms with Gasteiger partial charge < -0.3 is 20.9 Å². The van der Waals surface area contributed by atoms with E-state index >= 15 is 0 Å². The van der Waals surface area contributed by atoms with Crippen LogP contribution in [0.5, 0.6) is 0 Å². The molecule has 4 N–H and O–H groups in total. The zero-order chi connectivity index (χ0) is 15.0. The van der Waals surface area contributed by atoms with Crippen LogP contribution in [-0.4, -0.2) is 42.1 Å². The highest BCUT2D eigenvalue weighted by molar-refractivity contribution is 5.87. The van der Waals surface area contributed by atoms with E-state index in [0.29, 0.717) is 6.42 Å². The number of hydrogen-bond acceptors (Lipinski definition) is 5. The van der Waals surface area contributed by atoms with Gasteiger partial charge in [0, 0.05) is 6.42 Å². The highest BCUT2D eigenvalue weighted by Gasteiger charge is 2.24. The number of esters is 1. The maximum Gasteiger partial charge on any atom is 0.326 e. The van der Waals surface area contributed by atoms with Crippen molar-refractivity contribution in [3.05, 3.63) is 0 Å². The molecule has 7 nitrogen and oxygen atoms in total. The molecule has 2 atom stereocenters. The lowest BCUT2D eigenvalue weighted by Gasteiger charge is -2.18. The van der Waals surface area contributed by atoms with Crippen LogP contribution < -0.4 is 11.1 Å². The van der Waals surface area contributed by atoms with Crippen LogP contribution in [0.25, 0.3) is 0 Å². The zero-order valence-corrected chi connectivity index (χ0v) is 11.5. The lowest BCUT2D eigenvalue weighted by atomic mass is 10.0. The van der Waals surface area contributed by atoms with Gasteiger partial charge in [0.05, 0.1) is 13.2 Å². The van der Waals surface area contributed by atoms with E-state index in [9.17, 15) is 14.4 Å². The van der Waals surface area contributed by atoms with Crippen molar-refractivity contribution in [1.82, 2.24) is 5.32 Å². The van der Waals surface area contributed by atoms with Gasteiger partial charge >= 0.3 is 11.9 Å². The Balaban J connectivity index is 4.37. The maximum atomic E-state index is 11.7. The molecule has 0 aromatic rings. The molecule has 7 heteroatoms. The Morgan fingerprint density at radius 1 is 1.32 bits per heavy atom. The molecule has 0 aliphatic carbocycles. The van der Waals surface area contributed by atoms with Crippen LogP contribution in [-0.2, 0) is 19.1 Å². The van der Waals surface area contributed by atoms with Gasteiger partial charge in [0.25, 0.3) is 0 Å². The summed E-state index contributed by atoms with van der Waals surface area (Å²) >= 11 is 0. The number of rotatable bonds is 8. The van der Waals surface area contributed by atoms with Crippen LogP contribution in [0.4, 0.5) is 0 Å². The number of aliphatic carboxylic acids is 1. The van der Waals surface area contributed by atoms with Crippen LogP contribution >= 0.6 is 0 Å². The fourth-order valence-electron chi connectivity index (χ4n) is 1.52. The summed E-state index contributed by atoms with van der Waals surface area (Å²) in [5, 5.41) is 11.3. The van der Waals surface area contributed by atoms with Crippen molar-refractivity contribution in [3.8, 4) is 0 Å². The Labute approximate surface area is 112 Å². The van der Waals surface area contributed by atoms with Gasteiger partial charge in [-0.2, -0.15) is 0 Å². The SMILES string of the molecule is COC(=O)CC[C@@H](NC(=O)[C@H](N)CC(C)C)C(=O)O. The smallest absolute Gasteiger partial charge is 0.326 e. The predicted octanol–water partition coefficient (Wildman–Crippen LogP) is -0.118. The summed E-state index contributed by atoms with van der Waals surface area (Å²) in [7, 11) is 1.22. The van der Waals surface area contributed by atoms with Gasteiger partial charge in [-0.25, -0.2) is 4.79 Å². The molecule has 19 heavy (non-hydrogen) atoms. The molecule has 0 aromatic carbocycles. The topological polar surface area (TPSA) is 119 Å². The van der Waals surface area contributed by atoms with Crippen molar-refractivity contribution in [2.45, 2.75) is 45.2 Å². The number of ether oxygens (including phenoxy) is 1. The second-order valence-corrected chi connectivity index (χ2v) is 4.75. The lowest BCUT2D eigenvalue weighted by molar-refractivity contribution is -0.144. The third-order valence-electron chi connectivity index (χ3n) is 2.54. The Hall–Kier alpha value is -1.63. The summed E-state index contributed by atoms with van der Waals surface area (Å²) in [6.07, 6.45) is 0.366. The number of hydrogen-bond donors (Lipinski definition) is 3. The molecule has 0 spiro atoms. The molecule has 0 saturated heterocycles. The number of amides is 1. The highest BCUT2D eigenvalue weighted by Crippen LogP contribution is 2.05. The van der Waals surface area contributed by atoms with Crippen LogP contribution in [0.2, 0.25) is 0 Å². The standard InChI is InChI=1S/C12H22N2O5/c1-7(2)6-8(13)11(16)14-9(12(17)18)4-5-10(15)19-3/h7-9H,4-6,13H2,1-3H3,(H,14,16)(H,17,18)/t8-,9-/m1/s1. The van der Waals surface area contributed by atoms with E-state index in [1.165, 1.54) is 7.11 Å². The lowest BCUT2D eigenvalue weighted by Crippen LogP contribution is -2.48. The first-order chi connectivity index (χ1) is 8.77. The summed E-state index contributed by atoms with van der Waals surface area (Å²) in [5.74, 6) is -2.01. The third kappa shape index (κ3) is 7.40. The maximum absolute atomic E-state index is 11.7. The molecular formula is C12H22N2O5. The number of nitrogens with one attached hydrogen (secondary N) is 1. The number of carboxylic acid groups (broad SMARTS) is 1. The van der Waals surface area contributed by atoms with E-state index in [2.05, 4.69) is 10.1 Å². The van der Waals surface area contributed by atoms with Crippen molar-refractivity contribution in [2.75, 3.05) is 7.11 Å². The summed E-state index contributed by atoms with van der Waals surface area (Å²) < 4.78 is 4.42. The molecule has 0 fully saturated rings. The molecule has 0 rings (SSSR count). The minimum Gasteiger partial charge on any atom is -0.480 e. The third-order valence-corrected chi connectivity index (χ3v) is 2.54. The fraction of sp³-hybridized carbons (Fsp3) is 0.750. The van der Waals surface area contributed by atoms with Crippen LogP contribution in [0.3, 0.4) is 0 Å². The quantitative estimate of drug-likeness (QED) is 0.531. The van der Waals surface area contributed by atoms with E-state index < -0.39 is 29.9 Å². The first-order valence-corrected chi connectivity index (χ1v) is 6.13. The molecule has 0 bridgehead atoms. The van der Waals surface area contributed by atoms with E-state index in [4.69, 9.17) is 10.8 Å². The molecule has 0 unspecified atom stereocenters. The molecule has 0 aliphatic heterocycles. The second kappa shape index (κ2) is 8.47.